The van der Waals surface area contributed by atoms with Gasteiger partial charge >= 0.3 is 0 Å². The van der Waals surface area contributed by atoms with E-state index in [1.54, 1.807) is 0 Å². The fourth-order valence-electron chi connectivity index (χ4n) is 13.7. The molecular weight excluding hydrogens is 820 g/mol. The molecule has 0 N–H and O–H groups in total. The van der Waals surface area contributed by atoms with Crippen LogP contribution in [-0.4, -0.2) is 6.71 Å². The maximum atomic E-state index is 9.27. The van der Waals surface area contributed by atoms with Gasteiger partial charge in [-0.1, -0.05) is 158 Å². The Morgan fingerprint density at radius 1 is 0.441 bits per heavy atom. The standard InChI is InChI=1S/C65H77BN2/c1-40-32-56-58-57(33-40)68(53-38-49-46(34-41(53)2)60(5,6)28-30-63(49,11)12)55-39-50-48(62(9,10)29-31-64(50,13)14)37-52(55)66(58)51-25-22-43(65(15,16)42-20-18-17-19-21-42)35-54(51)67(56)44-23-24-45-47(36-44)61(7,8)27-26-59(45,3)4/h17-25,32-39H,26-31H2,1-16H3/i1D3. The topological polar surface area (TPSA) is 6.48 Å². The Kier molecular flexibility index (Phi) is 8.95. The molecule has 0 radical (unpaired) electrons. The predicted molar refractivity (Wildman–Crippen MR) is 294 cm³/mol. The second-order valence-electron chi connectivity index (χ2n) is 26.5. The molecule has 3 heteroatoms. The molecular formula is C65H77BN2. The van der Waals surface area contributed by atoms with Gasteiger partial charge in [-0.3, -0.25) is 0 Å². The Balaban J connectivity index is 1.29. The fourth-order valence-corrected chi connectivity index (χ4v) is 13.7. The average molecular weight is 900 g/mol. The summed E-state index contributed by atoms with van der Waals surface area (Å²) >= 11 is 0. The van der Waals surface area contributed by atoms with E-state index in [1.165, 1.54) is 72.1 Å². The third-order valence-electron chi connectivity index (χ3n) is 18.8. The molecule has 0 saturated carbocycles. The maximum Gasteiger partial charge on any atom is 0.252 e. The molecule has 0 spiro atoms. The number of benzene rings is 6. The van der Waals surface area contributed by atoms with E-state index in [-0.39, 0.29) is 44.6 Å². The highest BCUT2D eigenvalue weighted by molar-refractivity contribution is 7.00. The lowest BCUT2D eigenvalue weighted by atomic mass is 9.33. The van der Waals surface area contributed by atoms with E-state index >= 15 is 0 Å². The number of hydrogen-bond donors (Lipinski definition) is 0. The molecule has 0 atom stereocenters. The van der Waals surface area contributed by atoms with Crippen LogP contribution in [0.15, 0.2) is 103 Å². The number of aryl methyl sites for hydroxylation is 2. The van der Waals surface area contributed by atoms with Gasteiger partial charge in [0.1, 0.15) is 0 Å². The summed E-state index contributed by atoms with van der Waals surface area (Å²) in [6.07, 6.45) is 6.71. The van der Waals surface area contributed by atoms with E-state index < -0.39 is 6.85 Å². The van der Waals surface area contributed by atoms with Crippen molar-refractivity contribution in [3.63, 3.8) is 0 Å². The van der Waals surface area contributed by atoms with E-state index in [0.717, 1.165) is 67.0 Å². The van der Waals surface area contributed by atoms with Gasteiger partial charge in [-0.15, -0.1) is 0 Å². The number of anilines is 6. The molecule has 0 bridgehead atoms. The van der Waals surface area contributed by atoms with Gasteiger partial charge in [0.2, 0.25) is 0 Å². The molecule has 0 amide bonds. The lowest BCUT2D eigenvalue weighted by molar-refractivity contribution is 0.331. The minimum atomic E-state index is -2.36. The van der Waals surface area contributed by atoms with Gasteiger partial charge in [-0.2, -0.15) is 0 Å². The first-order valence-corrected chi connectivity index (χ1v) is 25.9. The summed E-state index contributed by atoms with van der Waals surface area (Å²) in [5, 5.41) is 0. The minimum absolute atomic E-state index is 0.0207. The van der Waals surface area contributed by atoms with Crippen LogP contribution in [0.5, 0.6) is 0 Å². The highest BCUT2D eigenvalue weighted by Crippen LogP contribution is 2.55. The molecule has 2 nitrogen and oxygen atoms in total. The third-order valence-corrected chi connectivity index (χ3v) is 18.8. The molecule has 0 unspecified atom stereocenters. The van der Waals surface area contributed by atoms with Gasteiger partial charge < -0.3 is 9.80 Å². The van der Waals surface area contributed by atoms with Crippen LogP contribution in [0, 0.1) is 13.8 Å². The maximum absolute atomic E-state index is 9.27. The molecule has 2 heterocycles. The van der Waals surface area contributed by atoms with Crippen LogP contribution >= 0.6 is 0 Å². The van der Waals surface area contributed by atoms with Crippen molar-refractivity contribution < 1.29 is 4.11 Å². The fraction of sp³-hybridized carbons (Fsp3) is 0.446. The van der Waals surface area contributed by atoms with Crippen LogP contribution in [0.2, 0.25) is 0 Å². The van der Waals surface area contributed by atoms with E-state index in [9.17, 15) is 4.11 Å². The molecule has 68 heavy (non-hydrogen) atoms. The number of nitrogens with zero attached hydrogens (tertiary/aromatic N) is 2. The van der Waals surface area contributed by atoms with E-state index in [4.69, 9.17) is 0 Å². The molecule has 0 saturated heterocycles. The molecule has 3 aliphatic carbocycles. The van der Waals surface area contributed by atoms with Crippen molar-refractivity contribution in [3.05, 3.63) is 159 Å². The monoisotopic (exact) mass is 900 g/mol. The SMILES string of the molecule is [2H]C([2H])([2H])c1cc2c3c(c1)N(c1cc4c(cc1C)C(C)(C)CCC4(C)C)c1cc4c(cc1B3c1ccc(C(C)(C)c3ccccc3)cc1N2c1ccc2c(c1)C(C)(C)CCC2(C)C)C(C)(C)CCC4(C)C. The smallest absolute Gasteiger partial charge is 0.252 e. The van der Waals surface area contributed by atoms with Crippen LogP contribution in [0.1, 0.15) is 195 Å². The lowest BCUT2D eigenvalue weighted by Gasteiger charge is -2.48. The molecule has 11 rings (SSSR count). The van der Waals surface area contributed by atoms with Crippen molar-refractivity contribution in [2.24, 2.45) is 0 Å². The van der Waals surface area contributed by atoms with Crippen molar-refractivity contribution in [2.45, 2.75) is 187 Å². The summed E-state index contributed by atoms with van der Waals surface area (Å²) in [7, 11) is 0. The van der Waals surface area contributed by atoms with Crippen LogP contribution in [0.3, 0.4) is 0 Å². The second-order valence-corrected chi connectivity index (χ2v) is 26.5. The highest BCUT2D eigenvalue weighted by atomic mass is 15.2. The summed E-state index contributed by atoms with van der Waals surface area (Å²) in [5.41, 5.74) is 22.4. The van der Waals surface area contributed by atoms with E-state index in [0.29, 0.717) is 5.56 Å². The summed E-state index contributed by atoms with van der Waals surface area (Å²) in [4.78, 5) is 5.00. The molecule has 0 fully saturated rings. The number of rotatable bonds is 4. The van der Waals surface area contributed by atoms with Crippen molar-refractivity contribution in [1.82, 2.24) is 0 Å². The first-order chi connectivity index (χ1) is 32.9. The first-order valence-electron chi connectivity index (χ1n) is 27.4. The normalized spacial score (nSPS) is 21.5. The second kappa shape index (κ2) is 14.5. The molecule has 0 aromatic heterocycles. The Labute approximate surface area is 415 Å². The zero-order valence-electron chi connectivity index (χ0n) is 47.0. The zero-order valence-corrected chi connectivity index (χ0v) is 44.0. The first kappa shape index (κ1) is 41.9. The van der Waals surface area contributed by atoms with Gasteiger partial charge in [0.25, 0.3) is 6.71 Å². The summed E-state index contributed by atoms with van der Waals surface area (Å²) in [6, 6.07) is 39.6. The number of hydrogen-bond acceptors (Lipinski definition) is 2. The van der Waals surface area contributed by atoms with Crippen molar-refractivity contribution >= 4 is 57.2 Å². The zero-order chi connectivity index (χ0) is 51.0. The largest absolute Gasteiger partial charge is 0.311 e. The quantitative estimate of drug-likeness (QED) is 0.162. The van der Waals surface area contributed by atoms with Gasteiger partial charge in [0.15, 0.2) is 0 Å². The van der Waals surface area contributed by atoms with Crippen molar-refractivity contribution in [2.75, 3.05) is 9.80 Å². The highest BCUT2D eigenvalue weighted by Gasteiger charge is 2.48. The van der Waals surface area contributed by atoms with Gasteiger partial charge in [-0.05, 0) is 199 Å². The van der Waals surface area contributed by atoms with E-state index in [2.05, 4.69) is 211 Å². The molecule has 5 aliphatic rings. The lowest BCUT2D eigenvalue weighted by Crippen LogP contribution is -2.62. The Morgan fingerprint density at radius 3 is 1.50 bits per heavy atom. The molecule has 2 aliphatic heterocycles. The minimum Gasteiger partial charge on any atom is -0.311 e. The molecule has 6 aromatic carbocycles. The van der Waals surface area contributed by atoms with Crippen molar-refractivity contribution in [1.29, 1.82) is 0 Å². The van der Waals surface area contributed by atoms with Gasteiger partial charge in [0.05, 0.1) is 0 Å². The number of fused-ring (bicyclic) bond motifs is 7. The summed E-state index contributed by atoms with van der Waals surface area (Å²) in [5.74, 6) is 0. The van der Waals surface area contributed by atoms with E-state index in [1.807, 2.05) is 6.07 Å². The Morgan fingerprint density at radius 2 is 0.926 bits per heavy atom. The Hall–Kier alpha value is -5.02. The molecule has 350 valence electrons. The van der Waals surface area contributed by atoms with Crippen molar-refractivity contribution in [3.8, 4) is 0 Å². The van der Waals surface area contributed by atoms with Crippen LogP contribution in [0.4, 0.5) is 34.1 Å². The predicted octanol–water partition coefficient (Wildman–Crippen LogP) is 15.8. The summed E-state index contributed by atoms with van der Waals surface area (Å²) in [6.45, 7) is 33.5. The van der Waals surface area contributed by atoms with Crippen LogP contribution in [0.25, 0.3) is 0 Å². The third kappa shape index (κ3) is 6.63. The average Bonchev–Trinajstić information content (AvgIpc) is 3.30. The summed E-state index contributed by atoms with van der Waals surface area (Å²) < 4.78 is 27.8. The van der Waals surface area contributed by atoms with Gasteiger partial charge in [0, 0.05) is 43.7 Å². The van der Waals surface area contributed by atoms with Crippen LogP contribution < -0.4 is 26.2 Å². The molecule has 6 aromatic rings. The van der Waals surface area contributed by atoms with Gasteiger partial charge in [-0.25, -0.2) is 0 Å². The van der Waals surface area contributed by atoms with Crippen LogP contribution in [-0.2, 0) is 37.9 Å². The Bertz CT molecular complexity index is 3200.